The van der Waals surface area contributed by atoms with Crippen LogP contribution in [0.25, 0.3) is 0 Å². The average Bonchev–Trinajstić information content (AvgIpc) is 2.34. The molecule has 2 N–H and O–H groups in total. The Labute approximate surface area is 117 Å². The first-order valence-electron chi connectivity index (χ1n) is 5.48. The minimum Gasteiger partial charge on any atom is -0.482 e. The molecule has 2 nitrogen and oxygen atoms in total. The monoisotopic (exact) mass is 341 g/mol. The van der Waals surface area contributed by atoms with Crippen molar-refractivity contribution in [2.24, 2.45) is 5.73 Å². The maximum absolute atomic E-state index is 13.1. The molecular weight excluding hydrogens is 333 g/mol. The number of hydrogen-bond acceptors (Lipinski definition) is 2. The normalized spacial score (nSPS) is 14.8. The molecule has 1 unspecified atom stereocenters. The summed E-state index contributed by atoms with van der Waals surface area (Å²) in [4.78, 5) is 0. The Morgan fingerprint density at radius 1 is 1.00 bits per heavy atom. The van der Waals surface area contributed by atoms with Crippen molar-refractivity contribution in [3.8, 4) is 5.75 Å². The molecule has 0 aliphatic carbocycles. The largest absolute Gasteiger partial charge is 0.482 e. The number of rotatable bonds is 4. The van der Waals surface area contributed by atoms with Crippen molar-refractivity contribution in [1.82, 2.24) is 0 Å². The molecule has 1 aromatic carbocycles. The van der Waals surface area contributed by atoms with E-state index in [1.165, 1.54) is 0 Å². The highest BCUT2D eigenvalue weighted by Gasteiger charge is 2.63. The van der Waals surface area contributed by atoms with Crippen molar-refractivity contribution >= 4 is 0 Å². The van der Waals surface area contributed by atoms with E-state index in [2.05, 4.69) is 4.74 Å². The Bertz CT molecular complexity index is 523. The van der Waals surface area contributed by atoms with Gasteiger partial charge in [0.15, 0.2) is 6.10 Å². The van der Waals surface area contributed by atoms with Crippen LogP contribution in [0, 0.1) is 5.82 Å². The van der Waals surface area contributed by atoms with Gasteiger partial charge >= 0.3 is 18.3 Å². The molecule has 11 heteroatoms. The summed E-state index contributed by atoms with van der Waals surface area (Å²) in [5.74, 6) is -8.14. The summed E-state index contributed by atoms with van der Waals surface area (Å²) in [6.45, 7) is -1.33. The lowest BCUT2D eigenvalue weighted by Gasteiger charge is -2.28. The van der Waals surface area contributed by atoms with Crippen LogP contribution >= 0.6 is 0 Å². The van der Waals surface area contributed by atoms with Gasteiger partial charge in [0.25, 0.3) is 0 Å². The molecule has 1 aromatic rings. The Morgan fingerprint density at radius 3 is 1.95 bits per heavy atom. The lowest BCUT2D eigenvalue weighted by atomic mass is 10.1. The fraction of sp³-hybridized carbons (Fsp3) is 0.455. The molecule has 0 aliphatic rings. The molecule has 0 amide bonds. The number of alkyl halides is 8. The second-order valence-electron chi connectivity index (χ2n) is 4.10. The van der Waals surface area contributed by atoms with E-state index >= 15 is 0 Å². The van der Waals surface area contributed by atoms with Gasteiger partial charge in [0.2, 0.25) is 0 Å². The van der Waals surface area contributed by atoms with Crippen molar-refractivity contribution in [2.75, 3.05) is 6.54 Å². The van der Waals surface area contributed by atoms with Gasteiger partial charge in [-0.05, 0) is 18.2 Å². The summed E-state index contributed by atoms with van der Waals surface area (Å²) in [6.07, 6.45) is -14.1. The van der Waals surface area contributed by atoms with E-state index < -0.39 is 48.1 Å². The SMILES string of the molecule is NCC(Oc1ccc(F)c(C(F)(F)F)c1)C(F)(F)C(F)(F)F. The van der Waals surface area contributed by atoms with Crippen molar-refractivity contribution in [3.63, 3.8) is 0 Å². The smallest absolute Gasteiger partial charge is 0.457 e. The van der Waals surface area contributed by atoms with Crippen molar-refractivity contribution < 1.29 is 44.3 Å². The predicted octanol–water partition coefficient (Wildman–Crippen LogP) is 3.75. The number of ether oxygens (including phenoxy) is 1. The predicted molar refractivity (Wildman–Crippen MR) is 55.9 cm³/mol. The summed E-state index contributed by atoms with van der Waals surface area (Å²) in [5, 5.41) is 0. The van der Waals surface area contributed by atoms with Crippen LogP contribution in [-0.4, -0.2) is 24.7 Å². The first-order chi connectivity index (χ1) is 9.80. The third-order valence-corrected chi connectivity index (χ3v) is 2.52. The lowest BCUT2D eigenvalue weighted by molar-refractivity contribution is -0.307. The maximum Gasteiger partial charge on any atom is 0.457 e. The summed E-state index contributed by atoms with van der Waals surface area (Å²) in [7, 11) is 0. The Kier molecular flexibility index (Phi) is 4.90. The molecule has 0 aliphatic heterocycles. The van der Waals surface area contributed by atoms with Crippen LogP contribution in [0.5, 0.6) is 5.75 Å². The van der Waals surface area contributed by atoms with Crippen LogP contribution in [0.4, 0.5) is 39.5 Å². The van der Waals surface area contributed by atoms with Gasteiger partial charge in [0.05, 0.1) is 5.56 Å². The molecule has 1 atom stereocenters. The molecule has 0 heterocycles. The lowest BCUT2D eigenvalue weighted by Crippen LogP contribution is -2.53. The standard InChI is InChI=1S/C11H8F9NO/c12-7-2-1-5(3-6(7)10(15,16)17)22-8(4-21)9(13,14)11(18,19)20/h1-3,8H,4,21H2. The van der Waals surface area contributed by atoms with E-state index in [1.54, 1.807) is 0 Å². The van der Waals surface area contributed by atoms with E-state index in [1.807, 2.05) is 0 Å². The topological polar surface area (TPSA) is 35.2 Å². The molecule has 126 valence electrons. The van der Waals surface area contributed by atoms with Gasteiger partial charge in [0.1, 0.15) is 11.6 Å². The maximum atomic E-state index is 13.1. The highest BCUT2D eigenvalue weighted by atomic mass is 19.4. The summed E-state index contributed by atoms with van der Waals surface area (Å²) in [5.41, 5.74) is 2.89. The molecule has 0 fully saturated rings. The van der Waals surface area contributed by atoms with Crippen molar-refractivity contribution in [2.45, 2.75) is 24.4 Å². The highest BCUT2D eigenvalue weighted by molar-refractivity contribution is 5.32. The van der Waals surface area contributed by atoms with Crippen LogP contribution in [0.2, 0.25) is 0 Å². The van der Waals surface area contributed by atoms with Gasteiger partial charge in [-0.25, -0.2) is 4.39 Å². The van der Waals surface area contributed by atoms with Gasteiger partial charge in [-0.1, -0.05) is 0 Å². The summed E-state index contributed by atoms with van der Waals surface area (Å²) in [6, 6.07) is 0.696. The molecule has 0 spiro atoms. The van der Waals surface area contributed by atoms with E-state index in [0.717, 1.165) is 0 Å². The fourth-order valence-corrected chi connectivity index (χ4v) is 1.41. The third-order valence-electron chi connectivity index (χ3n) is 2.52. The zero-order valence-corrected chi connectivity index (χ0v) is 10.4. The quantitative estimate of drug-likeness (QED) is 0.847. The molecule has 1 rings (SSSR count). The van der Waals surface area contributed by atoms with Gasteiger partial charge in [-0.3, -0.25) is 0 Å². The van der Waals surface area contributed by atoms with Crippen LogP contribution in [-0.2, 0) is 6.18 Å². The molecule has 0 saturated carbocycles. The van der Waals surface area contributed by atoms with E-state index in [9.17, 15) is 39.5 Å². The number of hydrogen-bond donors (Lipinski definition) is 1. The Hall–Kier alpha value is -1.65. The minimum absolute atomic E-state index is 0.0234. The molecule has 0 aromatic heterocycles. The van der Waals surface area contributed by atoms with Crippen molar-refractivity contribution in [1.29, 1.82) is 0 Å². The number of benzene rings is 1. The Morgan fingerprint density at radius 2 is 1.55 bits per heavy atom. The highest BCUT2D eigenvalue weighted by Crippen LogP contribution is 2.40. The average molecular weight is 341 g/mol. The van der Waals surface area contributed by atoms with E-state index in [-0.39, 0.29) is 12.1 Å². The molecular formula is C11H8F9NO. The first-order valence-corrected chi connectivity index (χ1v) is 5.48. The molecule has 22 heavy (non-hydrogen) atoms. The molecule has 0 radical (unpaired) electrons. The first kappa shape index (κ1) is 18.4. The second kappa shape index (κ2) is 5.86. The van der Waals surface area contributed by atoms with E-state index in [0.29, 0.717) is 6.07 Å². The van der Waals surface area contributed by atoms with Gasteiger partial charge in [-0.15, -0.1) is 0 Å². The molecule has 0 bridgehead atoms. The van der Waals surface area contributed by atoms with Gasteiger partial charge < -0.3 is 10.5 Å². The van der Waals surface area contributed by atoms with E-state index in [4.69, 9.17) is 5.73 Å². The minimum atomic E-state index is -6.01. The number of nitrogens with two attached hydrogens (primary N) is 1. The number of halogens is 9. The molecule has 0 saturated heterocycles. The Balaban J connectivity index is 3.13. The van der Waals surface area contributed by atoms with Crippen LogP contribution in [0.3, 0.4) is 0 Å². The van der Waals surface area contributed by atoms with Gasteiger partial charge in [0, 0.05) is 6.54 Å². The zero-order valence-electron chi connectivity index (χ0n) is 10.4. The van der Waals surface area contributed by atoms with Crippen LogP contribution < -0.4 is 10.5 Å². The third kappa shape index (κ3) is 3.76. The van der Waals surface area contributed by atoms with Crippen LogP contribution in [0.15, 0.2) is 18.2 Å². The summed E-state index contributed by atoms with van der Waals surface area (Å²) >= 11 is 0. The fourth-order valence-electron chi connectivity index (χ4n) is 1.41. The summed E-state index contributed by atoms with van der Waals surface area (Å²) < 4.78 is 117. The zero-order chi connectivity index (χ0) is 17.3. The van der Waals surface area contributed by atoms with Crippen molar-refractivity contribution in [3.05, 3.63) is 29.6 Å². The van der Waals surface area contributed by atoms with Crippen LogP contribution in [0.1, 0.15) is 5.56 Å². The second-order valence-corrected chi connectivity index (χ2v) is 4.10. The van der Waals surface area contributed by atoms with Gasteiger partial charge in [-0.2, -0.15) is 35.1 Å².